The quantitative estimate of drug-likeness (QED) is 0.886. The van der Waals surface area contributed by atoms with Crippen molar-refractivity contribution >= 4 is 22.7 Å². The smallest absolute Gasteiger partial charge is 0.0738 e. The SMILES string of the molecule is CC(c1cccs1)N(C)c1ccncc1N. The molecule has 1 atom stereocenters. The first kappa shape index (κ1) is 11.0. The van der Waals surface area contributed by atoms with Gasteiger partial charge in [0.1, 0.15) is 0 Å². The maximum absolute atomic E-state index is 5.91. The zero-order valence-corrected chi connectivity index (χ0v) is 10.2. The summed E-state index contributed by atoms with van der Waals surface area (Å²) in [5.74, 6) is 0. The molecule has 0 aliphatic carbocycles. The average molecular weight is 233 g/mol. The molecule has 0 aliphatic heterocycles. The molecule has 2 aromatic heterocycles. The normalized spacial score (nSPS) is 12.4. The van der Waals surface area contributed by atoms with E-state index in [1.165, 1.54) is 4.88 Å². The van der Waals surface area contributed by atoms with Gasteiger partial charge in [0, 0.05) is 18.1 Å². The molecular weight excluding hydrogens is 218 g/mol. The van der Waals surface area contributed by atoms with Crippen molar-refractivity contribution in [1.29, 1.82) is 0 Å². The maximum Gasteiger partial charge on any atom is 0.0738 e. The predicted molar refractivity (Wildman–Crippen MR) is 69.8 cm³/mol. The van der Waals surface area contributed by atoms with Crippen molar-refractivity contribution in [2.24, 2.45) is 0 Å². The second-order valence-electron chi connectivity index (χ2n) is 3.74. The lowest BCUT2D eigenvalue weighted by atomic mass is 10.2. The Morgan fingerprint density at radius 2 is 2.25 bits per heavy atom. The van der Waals surface area contributed by atoms with E-state index in [9.17, 15) is 0 Å². The number of hydrogen-bond donors (Lipinski definition) is 1. The highest BCUT2D eigenvalue weighted by atomic mass is 32.1. The Hall–Kier alpha value is -1.55. The molecule has 84 valence electrons. The minimum absolute atomic E-state index is 0.324. The number of nitrogens with two attached hydrogens (primary N) is 1. The molecule has 0 radical (unpaired) electrons. The van der Waals surface area contributed by atoms with E-state index in [1.807, 2.05) is 6.07 Å². The van der Waals surface area contributed by atoms with Crippen LogP contribution in [0.1, 0.15) is 17.8 Å². The number of anilines is 2. The number of nitrogen functional groups attached to an aromatic ring is 1. The molecule has 4 heteroatoms. The van der Waals surface area contributed by atoms with Gasteiger partial charge in [-0.2, -0.15) is 0 Å². The van der Waals surface area contributed by atoms with Crippen LogP contribution >= 0.6 is 11.3 Å². The van der Waals surface area contributed by atoms with E-state index >= 15 is 0 Å². The Bertz CT molecular complexity index is 453. The van der Waals surface area contributed by atoms with Crippen molar-refractivity contribution in [2.45, 2.75) is 13.0 Å². The zero-order chi connectivity index (χ0) is 11.5. The fourth-order valence-electron chi connectivity index (χ4n) is 1.65. The minimum atomic E-state index is 0.324. The van der Waals surface area contributed by atoms with Crippen LogP contribution in [0.25, 0.3) is 0 Å². The van der Waals surface area contributed by atoms with E-state index in [0.29, 0.717) is 11.7 Å². The molecule has 16 heavy (non-hydrogen) atoms. The molecule has 0 saturated heterocycles. The van der Waals surface area contributed by atoms with Crippen LogP contribution < -0.4 is 10.6 Å². The molecule has 0 amide bonds. The van der Waals surface area contributed by atoms with E-state index in [4.69, 9.17) is 5.73 Å². The fourth-order valence-corrected chi connectivity index (χ4v) is 2.48. The molecule has 3 nitrogen and oxygen atoms in total. The zero-order valence-electron chi connectivity index (χ0n) is 9.42. The molecule has 0 aromatic carbocycles. The first-order valence-electron chi connectivity index (χ1n) is 5.16. The van der Waals surface area contributed by atoms with Crippen LogP contribution in [0.3, 0.4) is 0 Å². The Morgan fingerprint density at radius 3 is 2.88 bits per heavy atom. The molecule has 0 fully saturated rings. The minimum Gasteiger partial charge on any atom is -0.396 e. The summed E-state index contributed by atoms with van der Waals surface area (Å²) in [6.45, 7) is 2.17. The lowest BCUT2D eigenvalue weighted by molar-refractivity contribution is 0.754. The largest absolute Gasteiger partial charge is 0.396 e. The Balaban J connectivity index is 2.26. The van der Waals surface area contributed by atoms with Gasteiger partial charge in [0.2, 0.25) is 0 Å². The second kappa shape index (κ2) is 4.53. The van der Waals surface area contributed by atoms with E-state index in [-0.39, 0.29) is 0 Å². The fraction of sp³-hybridized carbons (Fsp3) is 0.250. The van der Waals surface area contributed by atoms with Crippen molar-refractivity contribution in [3.8, 4) is 0 Å². The molecule has 2 N–H and O–H groups in total. The van der Waals surface area contributed by atoms with Crippen molar-refractivity contribution in [3.63, 3.8) is 0 Å². The number of nitrogens with zero attached hydrogens (tertiary/aromatic N) is 2. The molecule has 2 heterocycles. The Morgan fingerprint density at radius 1 is 1.44 bits per heavy atom. The summed E-state index contributed by atoms with van der Waals surface area (Å²) in [6, 6.07) is 6.48. The van der Waals surface area contributed by atoms with E-state index < -0.39 is 0 Å². The maximum atomic E-state index is 5.91. The standard InChI is InChI=1S/C12H15N3S/c1-9(12-4-3-7-16-12)15(2)11-5-6-14-8-10(11)13/h3-9H,13H2,1-2H3. The molecule has 0 spiro atoms. The molecular formula is C12H15N3S. The van der Waals surface area contributed by atoms with Gasteiger partial charge in [-0.05, 0) is 24.4 Å². The molecule has 2 aromatic rings. The van der Waals surface area contributed by atoms with Gasteiger partial charge in [-0.3, -0.25) is 4.98 Å². The topological polar surface area (TPSA) is 42.2 Å². The molecule has 0 saturated carbocycles. The van der Waals surface area contributed by atoms with Gasteiger partial charge in [0.05, 0.1) is 23.6 Å². The van der Waals surface area contributed by atoms with Gasteiger partial charge in [-0.15, -0.1) is 11.3 Å². The van der Waals surface area contributed by atoms with Crippen molar-refractivity contribution < 1.29 is 0 Å². The number of rotatable bonds is 3. The lowest BCUT2D eigenvalue weighted by Crippen LogP contribution is -2.21. The predicted octanol–water partition coefficient (Wildman–Crippen LogP) is 2.92. The summed E-state index contributed by atoms with van der Waals surface area (Å²) in [7, 11) is 2.05. The van der Waals surface area contributed by atoms with Gasteiger partial charge in [0.25, 0.3) is 0 Å². The van der Waals surface area contributed by atoms with Gasteiger partial charge >= 0.3 is 0 Å². The number of pyridine rings is 1. The summed E-state index contributed by atoms with van der Waals surface area (Å²) in [4.78, 5) is 7.50. The Labute approximate surface area is 99.5 Å². The third kappa shape index (κ3) is 2.02. The number of hydrogen-bond acceptors (Lipinski definition) is 4. The number of thiophene rings is 1. The van der Waals surface area contributed by atoms with Crippen LogP contribution in [0.4, 0.5) is 11.4 Å². The van der Waals surface area contributed by atoms with E-state index in [1.54, 1.807) is 23.7 Å². The van der Waals surface area contributed by atoms with Crippen molar-refractivity contribution in [1.82, 2.24) is 4.98 Å². The highest BCUT2D eigenvalue weighted by Gasteiger charge is 2.14. The molecule has 0 bridgehead atoms. The van der Waals surface area contributed by atoms with Crippen LogP contribution in [-0.2, 0) is 0 Å². The van der Waals surface area contributed by atoms with Crippen LogP contribution in [0.15, 0.2) is 36.0 Å². The lowest BCUT2D eigenvalue weighted by Gasteiger charge is -2.27. The van der Waals surface area contributed by atoms with Crippen LogP contribution in [-0.4, -0.2) is 12.0 Å². The summed E-state index contributed by atoms with van der Waals surface area (Å²) in [5, 5.41) is 2.09. The summed E-state index contributed by atoms with van der Waals surface area (Å²) < 4.78 is 0. The first-order valence-corrected chi connectivity index (χ1v) is 6.04. The van der Waals surface area contributed by atoms with Crippen molar-refractivity contribution in [3.05, 3.63) is 40.8 Å². The Kier molecular flexibility index (Phi) is 3.10. The van der Waals surface area contributed by atoms with Crippen LogP contribution in [0.5, 0.6) is 0 Å². The summed E-state index contributed by atoms with van der Waals surface area (Å²) in [5.41, 5.74) is 7.65. The van der Waals surface area contributed by atoms with Gasteiger partial charge in [-0.1, -0.05) is 6.07 Å². The number of aromatic nitrogens is 1. The van der Waals surface area contributed by atoms with Crippen molar-refractivity contribution in [2.75, 3.05) is 17.7 Å². The average Bonchev–Trinajstić information content (AvgIpc) is 2.81. The van der Waals surface area contributed by atoms with Crippen LogP contribution in [0, 0.1) is 0 Å². The van der Waals surface area contributed by atoms with Gasteiger partial charge in [-0.25, -0.2) is 0 Å². The molecule has 0 aliphatic rings. The van der Waals surface area contributed by atoms with Gasteiger partial charge in [0.15, 0.2) is 0 Å². The summed E-state index contributed by atoms with van der Waals surface area (Å²) >= 11 is 1.76. The summed E-state index contributed by atoms with van der Waals surface area (Å²) in [6.07, 6.45) is 3.45. The monoisotopic (exact) mass is 233 g/mol. The third-order valence-electron chi connectivity index (χ3n) is 2.74. The van der Waals surface area contributed by atoms with Gasteiger partial charge < -0.3 is 10.6 Å². The third-order valence-corrected chi connectivity index (χ3v) is 3.79. The molecule has 2 rings (SSSR count). The van der Waals surface area contributed by atoms with Crippen LogP contribution in [0.2, 0.25) is 0 Å². The van der Waals surface area contributed by atoms with E-state index in [0.717, 1.165) is 5.69 Å². The van der Waals surface area contributed by atoms with E-state index in [2.05, 4.69) is 41.4 Å². The highest BCUT2D eigenvalue weighted by Crippen LogP contribution is 2.30. The second-order valence-corrected chi connectivity index (χ2v) is 4.72. The first-order chi connectivity index (χ1) is 7.70. The highest BCUT2D eigenvalue weighted by molar-refractivity contribution is 7.10. The molecule has 1 unspecified atom stereocenters.